The molecule has 1 aromatic carbocycles. The summed E-state index contributed by atoms with van der Waals surface area (Å²) in [4.78, 5) is 14.2. The quantitative estimate of drug-likeness (QED) is 0.894. The summed E-state index contributed by atoms with van der Waals surface area (Å²) in [5.74, 6) is 1.08. The number of carbonyl (C=O) groups excluding carboxylic acids is 1. The van der Waals surface area contributed by atoms with Crippen molar-refractivity contribution in [2.24, 2.45) is 5.73 Å². The van der Waals surface area contributed by atoms with Crippen molar-refractivity contribution in [1.82, 2.24) is 4.90 Å². The van der Waals surface area contributed by atoms with Gasteiger partial charge in [0.25, 0.3) is 0 Å². The number of nitrogens with two attached hydrogens (primary N) is 1. The van der Waals surface area contributed by atoms with Gasteiger partial charge in [-0.15, -0.1) is 0 Å². The Morgan fingerprint density at radius 1 is 1.50 bits per heavy atom. The number of hydrogen-bond donors (Lipinski definition) is 1. The first-order valence-corrected chi connectivity index (χ1v) is 7.28. The van der Waals surface area contributed by atoms with E-state index in [1.54, 1.807) is 7.11 Å². The van der Waals surface area contributed by atoms with Crippen LogP contribution in [0.4, 0.5) is 0 Å². The normalized spacial score (nSPS) is 19.9. The van der Waals surface area contributed by atoms with E-state index in [9.17, 15) is 4.79 Å². The number of rotatable bonds is 5. The summed E-state index contributed by atoms with van der Waals surface area (Å²) >= 11 is 0. The van der Waals surface area contributed by atoms with Gasteiger partial charge in [0, 0.05) is 25.0 Å². The summed E-state index contributed by atoms with van der Waals surface area (Å²) < 4.78 is 5.39. The summed E-state index contributed by atoms with van der Waals surface area (Å²) in [6.07, 6.45) is 3.42. The first kappa shape index (κ1) is 14.9. The Kier molecular flexibility index (Phi) is 5.01. The average Bonchev–Trinajstić information content (AvgIpc) is 2.87. The van der Waals surface area contributed by atoms with E-state index in [2.05, 4.69) is 6.07 Å². The van der Waals surface area contributed by atoms with E-state index in [4.69, 9.17) is 10.5 Å². The second-order valence-corrected chi connectivity index (χ2v) is 5.58. The molecule has 1 amide bonds. The number of para-hydroxylation sites is 1. The second kappa shape index (κ2) is 6.75. The average molecular weight is 276 g/mol. The molecule has 1 aliphatic rings. The van der Waals surface area contributed by atoms with Crippen molar-refractivity contribution >= 4 is 5.91 Å². The zero-order valence-electron chi connectivity index (χ0n) is 12.3. The van der Waals surface area contributed by atoms with Crippen LogP contribution < -0.4 is 10.5 Å². The Morgan fingerprint density at radius 2 is 2.25 bits per heavy atom. The molecular weight excluding hydrogens is 252 g/mol. The van der Waals surface area contributed by atoms with Crippen molar-refractivity contribution < 1.29 is 9.53 Å². The first-order chi connectivity index (χ1) is 9.61. The molecule has 0 aromatic heterocycles. The maximum absolute atomic E-state index is 12.2. The van der Waals surface area contributed by atoms with Crippen LogP contribution in [0.25, 0.3) is 0 Å². The molecule has 0 saturated carbocycles. The highest BCUT2D eigenvalue weighted by Crippen LogP contribution is 2.26. The molecule has 2 rings (SSSR count). The minimum atomic E-state index is -0.0741. The molecule has 0 aliphatic carbocycles. The van der Waals surface area contributed by atoms with Gasteiger partial charge >= 0.3 is 0 Å². The summed E-state index contributed by atoms with van der Waals surface area (Å²) in [5, 5.41) is 0. The molecule has 4 heteroatoms. The van der Waals surface area contributed by atoms with Crippen molar-refractivity contribution in [3.05, 3.63) is 29.8 Å². The van der Waals surface area contributed by atoms with Crippen LogP contribution in [0.15, 0.2) is 24.3 Å². The van der Waals surface area contributed by atoms with Gasteiger partial charge in [-0.3, -0.25) is 4.79 Å². The lowest BCUT2D eigenvalue weighted by molar-refractivity contribution is -0.132. The predicted octanol–water partition coefficient (Wildman–Crippen LogP) is 1.97. The Labute approximate surface area is 120 Å². The molecule has 4 nitrogen and oxygen atoms in total. The zero-order chi connectivity index (χ0) is 14.5. The van der Waals surface area contributed by atoms with Crippen LogP contribution in [0.2, 0.25) is 0 Å². The summed E-state index contributed by atoms with van der Waals surface area (Å²) in [7, 11) is 1.69. The second-order valence-electron chi connectivity index (χ2n) is 5.58. The molecule has 0 spiro atoms. The Hall–Kier alpha value is -1.55. The van der Waals surface area contributed by atoms with Gasteiger partial charge in [0.05, 0.1) is 7.11 Å². The number of benzene rings is 1. The van der Waals surface area contributed by atoms with Gasteiger partial charge in [-0.2, -0.15) is 0 Å². The Morgan fingerprint density at radius 3 is 2.95 bits per heavy atom. The standard InChI is InChI=1S/C16H24N2O2/c1-12(17)10-16(19)18-9-5-7-14(18)11-13-6-3-4-8-15(13)20-2/h3-4,6,8,12,14H,5,7,9-11,17H2,1-2H3. The number of amides is 1. The van der Waals surface area contributed by atoms with Crippen LogP contribution >= 0.6 is 0 Å². The number of ether oxygens (including phenoxy) is 1. The van der Waals surface area contributed by atoms with Gasteiger partial charge in [-0.25, -0.2) is 0 Å². The van der Waals surface area contributed by atoms with Gasteiger partial charge < -0.3 is 15.4 Å². The molecule has 2 atom stereocenters. The zero-order valence-corrected chi connectivity index (χ0v) is 12.3. The number of nitrogens with zero attached hydrogens (tertiary/aromatic N) is 1. The smallest absolute Gasteiger partial charge is 0.224 e. The fourth-order valence-electron chi connectivity index (χ4n) is 2.89. The highest BCUT2D eigenvalue weighted by molar-refractivity contribution is 5.77. The van der Waals surface area contributed by atoms with Crippen molar-refractivity contribution in [2.75, 3.05) is 13.7 Å². The van der Waals surface area contributed by atoms with Gasteiger partial charge in [0.1, 0.15) is 5.75 Å². The van der Waals surface area contributed by atoms with E-state index in [1.807, 2.05) is 30.0 Å². The molecule has 0 bridgehead atoms. The monoisotopic (exact) mass is 276 g/mol. The lowest BCUT2D eigenvalue weighted by Gasteiger charge is -2.26. The number of hydrogen-bond acceptors (Lipinski definition) is 3. The van der Waals surface area contributed by atoms with Crippen LogP contribution in [-0.2, 0) is 11.2 Å². The minimum Gasteiger partial charge on any atom is -0.496 e. The Bertz CT molecular complexity index is 460. The van der Waals surface area contributed by atoms with Crippen LogP contribution in [0.3, 0.4) is 0 Å². The van der Waals surface area contributed by atoms with Crippen LogP contribution in [0.5, 0.6) is 5.75 Å². The van der Waals surface area contributed by atoms with E-state index < -0.39 is 0 Å². The lowest BCUT2D eigenvalue weighted by Crippen LogP contribution is -2.39. The van der Waals surface area contributed by atoms with Crippen molar-refractivity contribution in [1.29, 1.82) is 0 Å². The molecule has 110 valence electrons. The van der Waals surface area contributed by atoms with E-state index in [1.165, 1.54) is 5.56 Å². The summed E-state index contributed by atoms with van der Waals surface area (Å²) in [5.41, 5.74) is 6.90. The fraction of sp³-hybridized carbons (Fsp3) is 0.562. The molecule has 2 N–H and O–H groups in total. The lowest BCUT2D eigenvalue weighted by atomic mass is 10.0. The minimum absolute atomic E-state index is 0.0741. The number of methoxy groups -OCH3 is 1. The van der Waals surface area contributed by atoms with Crippen molar-refractivity contribution in [2.45, 2.75) is 44.7 Å². The third-order valence-electron chi connectivity index (χ3n) is 3.84. The topological polar surface area (TPSA) is 55.6 Å². The van der Waals surface area contributed by atoms with Crippen LogP contribution in [0, 0.1) is 0 Å². The highest BCUT2D eigenvalue weighted by Gasteiger charge is 2.29. The molecule has 0 radical (unpaired) electrons. The van der Waals surface area contributed by atoms with Crippen LogP contribution in [-0.4, -0.2) is 36.5 Å². The summed E-state index contributed by atoms with van der Waals surface area (Å²) in [6, 6.07) is 8.23. The van der Waals surface area contributed by atoms with Gasteiger partial charge in [0.15, 0.2) is 0 Å². The van der Waals surface area contributed by atoms with E-state index in [-0.39, 0.29) is 18.0 Å². The highest BCUT2D eigenvalue weighted by atomic mass is 16.5. The fourth-order valence-corrected chi connectivity index (χ4v) is 2.89. The maximum atomic E-state index is 12.2. The third kappa shape index (κ3) is 3.51. The largest absolute Gasteiger partial charge is 0.496 e. The van der Waals surface area contributed by atoms with Crippen LogP contribution in [0.1, 0.15) is 31.7 Å². The molecule has 1 saturated heterocycles. The molecular formula is C16H24N2O2. The first-order valence-electron chi connectivity index (χ1n) is 7.28. The van der Waals surface area contributed by atoms with Gasteiger partial charge in [-0.05, 0) is 37.8 Å². The van der Waals surface area contributed by atoms with Crippen molar-refractivity contribution in [3.63, 3.8) is 0 Å². The molecule has 1 fully saturated rings. The van der Waals surface area contributed by atoms with Crippen molar-refractivity contribution in [3.8, 4) is 5.75 Å². The number of likely N-dealkylation sites (tertiary alicyclic amines) is 1. The Balaban J connectivity index is 2.06. The molecule has 1 heterocycles. The van der Waals surface area contributed by atoms with Gasteiger partial charge in [0.2, 0.25) is 5.91 Å². The predicted molar refractivity (Wildman–Crippen MR) is 79.7 cm³/mol. The van der Waals surface area contributed by atoms with Gasteiger partial charge in [-0.1, -0.05) is 18.2 Å². The van der Waals surface area contributed by atoms with E-state index in [0.717, 1.165) is 31.6 Å². The molecule has 2 unspecified atom stereocenters. The number of carbonyl (C=O) groups is 1. The molecule has 1 aliphatic heterocycles. The maximum Gasteiger partial charge on any atom is 0.224 e. The van der Waals surface area contributed by atoms with E-state index in [0.29, 0.717) is 6.42 Å². The molecule has 20 heavy (non-hydrogen) atoms. The SMILES string of the molecule is COc1ccccc1CC1CCCN1C(=O)CC(C)N. The van der Waals surface area contributed by atoms with E-state index >= 15 is 0 Å². The summed E-state index contributed by atoms with van der Waals surface area (Å²) in [6.45, 7) is 2.73. The molecule has 1 aromatic rings. The third-order valence-corrected chi connectivity index (χ3v) is 3.84.